The minimum atomic E-state index is -0.429. The number of benzene rings is 1. The van der Waals surface area contributed by atoms with Crippen LogP contribution < -0.4 is 5.32 Å². The largest absolute Gasteiger partial charge is 0.356 e. The SMILES string of the molecule is CN=C(NCCc1cc(F)ccc1F)N(C)Cc1cc(Br)cn1C.I. The van der Waals surface area contributed by atoms with Gasteiger partial charge in [-0.1, -0.05) is 0 Å². The summed E-state index contributed by atoms with van der Waals surface area (Å²) in [6, 6.07) is 5.55. The Bertz CT molecular complexity index is 733. The molecule has 8 heteroatoms. The van der Waals surface area contributed by atoms with Gasteiger partial charge in [0.05, 0.1) is 6.54 Å². The van der Waals surface area contributed by atoms with Gasteiger partial charge in [0, 0.05) is 44.1 Å². The van der Waals surface area contributed by atoms with Crippen LogP contribution in [-0.4, -0.2) is 36.1 Å². The third-order valence-electron chi connectivity index (χ3n) is 3.73. The van der Waals surface area contributed by atoms with Crippen LogP contribution in [-0.2, 0) is 20.0 Å². The van der Waals surface area contributed by atoms with E-state index in [1.54, 1.807) is 7.05 Å². The van der Waals surface area contributed by atoms with Crippen molar-refractivity contribution in [2.45, 2.75) is 13.0 Å². The molecule has 1 aromatic heterocycles. The molecule has 25 heavy (non-hydrogen) atoms. The number of hydrogen-bond acceptors (Lipinski definition) is 1. The fourth-order valence-corrected chi connectivity index (χ4v) is 3.04. The molecular formula is C17H22BrF2IN4. The number of aliphatic imine (C=N–C) groups is 1. The van der Waals surface area contributed by atoms with Gasteiger partial charge >= 0.3 is 0 Å². The van der Waals surface area contributed by atoms with Crippen molar-refractivity contribution < 1.29 is 8.78 Å². The van der Waals surface area contributed by atoms with Crippen LogP contribution in [0.4, 0.5) is 8.78 Å². The van der Waals surface area contributed by atoms with Gasteiger partial charge in [-0.2, -0.15) is 0 Å². The lowest BCUT2D eigenvalue weighted by Gasteiger charge is -2.22. The minimum Gasteiger partial charge on any atom is -0.356 e. The Morgan fingerprint density at radius 1 is 1.32 bits per heavy atom. The van der Waals surface area contributed by atoms with Crippen LogP contribution in [0.15, 0.2) is 39.9 Å². The molecule has 0 aliphatic heterocycles. The summed E-state index contributed by atoms with van der Waals surface area (Å²) < 4.78 is 29.9. The van der Waals surface area contributed by atoms with E-state index in [4.69, 9.17) is 0 Å². The summed E-state index contributed by atoms with van der Waals surface area (Å²) in [5.74, 6) is -0.124. The summed E-state index contributed by atoms with van der Waals surface area (Å²) in [4.78, 5) is 6.21. The Balaban J connectivity index is 0.00000312. The van der Waals surface area contributed by atoms with E-state index in [-0.39, 0.29) is 24.0 Å². The Hall–Kier alpha value is -1.16. The lowest BCUT2D eigenvalue weighted by atomic mass is 10.1. The zero-order valence-electron chi connectivity index (χ0n) is 14.4. The van der Waals surface area contributed by atoms with Crippen molar-refractivity contribution in [3.8, 4) is 0 Å². The van der Waals surface area contributed by atoms with Gasteiger partial charge in [0.1, 0.15) is 11.6 Å². The lowest BCUT2D eigenvalue weighted by Crippen LogP contribution is -2.39. The molecule has 2 rings (SSSR count). The van der Waals surface area contributed by atoms with E-state index < -0.39 is 11.6 Å². The van der Waals surface area contributed by atoms with Crippen molar-refractivity contribution in [1.29, 1.82) is 0 Å². The molecule has 138 valence electrons. The summed E-state index contributed by atoms with van der Waals surface area (Å²) in [5, 5.41) is 3.18. The number of guanidine groups is 1. The first-order valence-corrected chi connectivity index (χ1v) is 8.36. The average molecular weight is 527 g/mol. The highest BCUT2D eigenvalue weighted by molar-refractivity contribution is 14.0. The lowest BCUT2D eigenvalue weighted by molar-refractivity contribution is 0.462. The summed E-state index contributed by atoms with van der Waals surface area (Å²) in [6.45, 7) is 1.14. The maximum atomic E-state index is 13.6. The van der Waals surface area contributed by atoms with E-state index in [2.05, 4.69) is 26.2 Å². The Labute approximate surface area is 172 Å². The summed E-state index contributed by atoms with van der Waals surface area (Å²) in [7, 11) is 5.61. The zero-order valence-corrected chi connectivity index (χ0v) is 18.3. The molecule has 0 unspecified atom stereocenters. The van der Waals surface area contributed by atoms with Crippen LogP contribution in [0.1, 0.15) is 11.3 Å². The van der Waals surface area contributed by atoms with Crippen LogP contribution in [0.25, 0.3) is 0 Å². The second-order valence-electron chi connectivity index (χ2n) is 5.58. The second-order valence-corrected chi connectivity index (χ2v) is 6.49. The topological polar surface area (TPSA) is 32.6 Å². The summed E-state index contributed by atoms with van der Waals surface area (Å²) >= 11 is 3.46. The second kappa shape index (κ2) is 10.1. The number of aromatic nitrogens is 1. The quantitative estimate of drug-likeness (QED) is 0.364. The molecule has 0 atom stereocenters. The normalized spacial score (nSPS) is 11.2. The summed E-state index contributed by atoms with van der Waals surface area (Å²) in [6.07, 6.45) is 2.37. The van der Waals surface area contributed by atoms with Crippen LogP contribution in [0.2, 0.25) is 0 Å². The number of rotatable bonds is 5. The Morgan fingerprint density at radius 2 is 2.04 bits per heavy atom. The van der Waals surface area contributed by atoms with Crippen molar-refractivity contribution in [3.63, 3.8) is 0 Å². The first-order chi connectivity index (χ1) is 11.4. The molecule has 2 aromatic rings. The molecule has 0 amide bonds. The number of halogens is 4. The van der Waals surface area contributed by atoms with E-state index in [1.807, 2.05) is 35.8 Å². The molecule has 1 N–H and O–H groups in total. The molecule has 0 fully saturated rings. The maximum Gasteiger partial charge on any atom is 0.193 e. The van der Waals surface area contributed by atoms with Crippen LogP contribution in [0.5, 0.6) is 0 Å². The number of aryl methyl sites for hydroxylation is 1. The van der Waals surface area contributed by atoms with Crippen LogP contribution >= 0.6 is 39.9 Å². The number of nitrogens with zero attached hydrogens (tertiary/aromatic N) is 3. The standard InChI is InChI=1S/C17H21BrF2N4.HI/c1-21-17(24(3)11-15-9-13(18)10-23(15)2)22-7-6-12-8-14(19)4-5-16(12)20;/h4-5,8-10H,6-7,11H2,1-3H3,(H,21,22);1H. The molecule has 0 spiro atoms. The molecule has 0 aliphatic carbocycles. The minimum absolute atomic E-state index is 0. The molecule has 1 aromatic carbocycles. The van der Waals surface area contributed by atoms with Gasteiger partial charge in [-0.25, -0.2) is 8.78 Å². The van der Waals surface area contributed by atoms with Crippen molar-refractivity contribution in [2.75, 3.05) is 20.6 Å². The van der Waals surface area contributed by atoms with E-state index >= 15 is 0 Å². The molecule has 4 nitrogen and oxygen atoms in total. The van der Waals surface area contributed by atoms with Gasteiger partial charge in [0.25, 0.3) is 0 Å². The number of hydrogen-bond donors (Lipinski definition) is 1. The van der Waals surface area contributed by atoms with Crippen LogP contribution in [0, 0.1) is 11.6 Å². The van der Waals surface area contributed by atoms with Gasteiger partial charge < -0.3 is 14.8 Å². The maximum absolute atomic E-state index is 13.6. The van der Waals surface area contributed by atoms with E-state index in [9.17, 15) is 8.78 Å². The molecule has 0 saturated heterocycles. The average Bonchev–Trinajstić information content (AvgIpc) is 2.84. The molecule has 0 radical (unpaired) electrons. The van der Waals surface area contributed by atoms with Gasteiger partial charge in [0.2, 0.25) is 0 Å². The third kappa shape index (κ3) is 6.25. The zero-order chi connectivity index (χ0) is 17.7. The summed E-state index contributed by atoms with van der Waals surface area (Å²) in [5.41, 5.74) is 1.48. The highest BCUT2D eigenvalue weighted by Gasteiger charge is 2.10. The fraction of sp³-hybridized carbons (Fsp3) is 0.353. The highest BCUT2D eigenvalue weighted by Crippen LogP contribution is 2.15. The van der Waals surface area contributed by atoms with E-state index in [1.165, 1.54) is 6.07 Å². The van der Waals surface area contributed by atoms with Gasteiger partial charge in [-0.3, -0.25) is 4.99 Å². The molecular weight excluding hydrogens is 505 g/mol. The number of nitrogens with one attached hydrogen (secondary N) is 1. The van der Waals surface area contributed by atoms with Gasteiger partial charge in [0.15, 0.2) is 5.96 Å². The monoisotopic (exact) mass is 526 g/mol. The molecule has 0 bridgehead atoms. The van der Waals surface area contributed by atoms with E-state index in [0.717, 1.165) is 22.3 Å². The van der Waals surface area contributed by atoms with Crippen molar-refractivity contribution in [2.24, 2.45) is 12.0 Å². The van der Waals surface area contributed by atoms with Crippen molar-refractivity contribution in [1.82, 2.24) is 14.8 Å². The predicted molar refractivity (Wildman–Crippen MR) is 111 cm³/mol. The Morgan fingerprint density at radius 3 is 2.64 bits per heavy atom. The third-order valence-corrected chi connectivity index (χ3v) is 4.17. The van der Waals surface area contributed by atoms with Gasteiger partial charge in [-0.15, -0.1) is 24.0 Å². The smallest absolute Gasteiger partial charge is 0.193 e. The fourth-order valence-electron chi connectivity index (χ4n) is 2.47. The van der Waals surface area contributed by atoms with Gasteiger partial charge in [-0.05, 0) is 52.2 Å². The highest BCUT2D eigenvalue weighted by atomic mass is 127. The van der Waals surface area contributed by atoms with E-state index in [0.29, 0.717) is 31.0 Å². The molecule has 0 aliphatic rings. The van der Waals surface area contributed by atoms with Crippen molar-refractivity contribution >= 4 is 45.9 Å². The van der Waals surface area contributed by atoms with Crippen molar-refractivity contribution in [3.05, 3.63) is 57.8 Å². The Kier molecular flexibility index (Phi) is 8.84. The predicted octanol–water partition coefficient (Wildman–Crippen LogP) is 3.93. The molecule has 0 saturated carbocycles. The van der Waals surface area contributed by atoms with Crippen LogP contribution in [0.3, 0.4) is 0 Å². The first kappa shape index (κ1) is 21.9. The molecule has 1 heterocycles. The first-order valence-electron chi connectivity index (χ1n) is 7.57.